The summed E-state index contributed by atoms with van der Waals surface area (Å²) in [4.78, 5) is 2.39. The Bertz CT molecular complexity index is 961. The Labute approximate surface area is 213 Å². The molecule has 1 heterocycles. The topological polar surface area (TPSA) is 52.9 Å². The fraction of sp³-hybridized carbons (Fsp3) is 0.600. The molecule has 0 spiro atoms. The Hall–Kier alpha value is -1.66. The SMILES string of the molecule is CC(C)[Si](Oc1ccc2c(c1)CCC(N1CCC(O)(c3ccccc3)CC1)C2O)(C(C)C)C(C)C. The van der Waals surface area contributed by atoms with E-state index in [9.17, 15) is 10.2 Å². The van der Waals surface area contributed by atoms with Crippen LogP contribution in [0.1, 0.15) is 83.6 Å². The number of hydrogen-bond acceptors (Lipinski definition) is 4. The van der Waals surface area contributed by atoms with Crippen LogP contribution < -0.4 is 4.43 Å². The van der Waals surface area contributed by atoms with Crippen molar-refractivity contribution in [2.75, 3.05) is 13.1 Å². The highest BCUT2D eigenvalue weighted by Gasteiger charge is 2.47. The standard InChI is InChI=1S/C30H45NO3Si/c1-21(2)35(22(3)4,23(5)6)34-26-13-14-27-24(20-26)12-15-28(29(27)32)31-18-16-30(33,17-19-31)25-10-8-7-9-11-25/h7-11,13-14,20-23,28-29,32-33H,12,15-19H2,1-6H3. The molecule has 1 fully saturated rings. The zero-order chi connectivity index (χ0) is 25.4. The van der Waals surface area contributed by atoms with E-state index in [0.717, 1.165) is 42.8 Å². The van der Waals surface area contributed by atoms with Crippen LogP contribution in [0, 0.1) is 0 Å². The van der Waals surface area contributed by atoms with E-state index in [4.69, 9.17) is 4.43 Å². The molecule has 4 nitrogen and oxygen atoms in total. The summed E-state index contributed by atoms with van der Waals surface area (Å²) in [5.74, 6) is 0.975. The van der Waals surface area contributed by atoms with Gasteiger partial charge in [-0.05, 0) is 71.1 Å². The Kier molecular flexibility index (Phi) is 7.82. The van der Waals surface area contributed by atoms with Crippen LogP contribution >= 0.6 is 0 Å². The van der Waals surface area contributed by atoms with Crippen molar-refractivity contribution in [3.63, 3.8) is 0 Å². The number of likely N-dealkylation sites (tertiary alicyclic amines) is 1. The van der Waals surface area contributed by atoms with E-state index >= 15 is 0 Å². The van der Waals surface area contributed by atoms with Gasteiger partial charge in [0.1, 0.15) is 5.75 Å². The lowest BCUT2D eigenvalue weighted by molar-refractivity contribution is -0.0568. The number of hydrogen-bond donors (Lipinski definition) is 2. The molecule has 1 aliphatic heterocycles. The molecule has 0 amide bonds. The Morgan fingerprint density at radius 2 is 1.51 bits per heavy atom. The molecule has 35 heavy (non-hydrogen) atoms. The molecule has 2 aliphatic rings. The van der Waals surface area contributed by atoms with Gasteiger partial charge in [-0.3, -0.25) is 4.90 Å². The average Bonchev–Trinajstić information content (AvgIpc) is 2.83. The first-order valence-electron chi connectivity index (χ1n) is 13.6. The monoisotopic (exact) mass is 495 g/mol. The van der Waals surface area contributed by atoms with Crippen LogP contribution in [0.3, 0.4) is 0 Å². The molecule has 2 atom stereocenters. The van der Waals surface area contributed by atoms with Gasteiger partial charge >= 0.3 is 0 Å². The van der Waals surface area contributed by atoms with Gasteiger partial charge in [-0.1, -0.05) is 77.9 Å². The highest BCUT2D eigenvalue weighted by atomic mass is 28.4. The number of aliphatic hydroxyl groups excluding tert-OH is 1. The third-order valence-corrected chi connectivity index (χ3v) is 14.9. The van der Waals surface area contributed by atoms with Crippen LogP contribution in [0.5, 0.6) is 5.75 Å². The Balaban J connectivity index is 1.47. The minimum absolute atomic E-state index is 0.102. The Morgan fingerprint density at radius 3 is 2.09 bits per heavy atom. The largest absolute Gasteiger partial charge is 0.543 e. The van der Waals surface area contributed by atoms with Gasteiger partial charge in [0, 0.05) is 19.1 Å². The van der Waals surface area contributed by atoms with Crippen LogP contribution in [0.4, 0.5) is 0 Å². The van der Waals surface area contributed by atoms with Crippen LogP contribution in [-0.4, -0.2) is 42.6 Å². The summed E-state index contributed by atoms with van der Waals surface area (Å²) >= 11 is 0. The molecule has 2 aromatic rings. The van der Waals surface area contributed by atoms with Gasteiger partial charge in [-0.15, -0.1) is 0 Å². The summed E-state index contributed by atoms with van der Waals surface area (Å²) in [5, 5.41) is 22.6. The molecule has 5 heteroatoms. The number of fused-ring (bicyclic) bond motifs is 1. The lowest BCUT2D eigenvalue weighted by Gasteiger charge is -2.45. The predicted molar refractivity (Wildman–Crippen MR) is 146 cm³/mol. The summed E-state index contributed by atoms with van der Waals surface area (Å²) in [6, 6.07) is 16.5. The van der Waals surface area contributed by atoms with Crippen molar-refractivity contribution in [3.05, 3.63) is 65.2 Å². The summed E-state index contributed by atoms with van der Waals surface area (Å²) in [6.07, 6.45) is 2.78. The van der Waals surface area contributed by atoms with E-state index in [1.165, 1.54) is 5.56 Å². The molecule has 192 valence electrons. The molecule has 1 aliphatic carbocycles. The van der Waals surface area contributed by atoms with Gasteiger partial charge in [-0.25, -0.2) is 0 Å². The molecule has 0 aromatic heterocycles. The molecule has 0 bridgehead atoms. The van der Waals surface area contributed by atoms with Crippen molar-refractivity contribution in [2.45, 2.75) is 102 Å². The maximum atomic E-state index is 11.4. The lowest BCUT2D eigenvalue weighted by atomic mass is 9.81. The quantitative estimate of drug-likeness (QED) is 0.426. The predicted octanol–water partition coefficient (Wildman–Crippen LogP) is 6.57. The summed E-state index contributed by atoms with van der Waals surface area (Å²) in [6.45, 7) is 15.5. The van der Waals surface area contributed by atoms with E-state index < -0.39 is 20.0 Å². The molecule has 2 N–H and O–H groups in total. The first-order chi connectivity index (χ1) is 16.6. The first-order valence-corrected chi connectivity index (χ1v) is 15.7. The zero-order valence-corrected chi connectivity index (χ0v) is 23.5. The normalized spacial score (nSPS) is 23.1. The smallest absolute Gasteiger partial charge is 0.258 e. The number of rotatable bonds is 7. The average molecular weight is 496 g/mol. The van der Waals surface area contributed by atoms with Crippen molar-refractivity contribution in [1.82, 2.24) is 4.90 Å². The highest BCUT2D eigenvalue weighted by molar-refractivity contribution is 6.78. The van der Waals surface area contributed by atoms with Gasteiger partial charge in [0.2, 0.25) is 0 Å². The van der Waals surface area contributed by atoms with Gasteiger partial charge in [0.15, 0.2) is 0 Å². The minimum atomic E-state index is -2.01. The summed E-state index contributed by atoms with van der Waals surface area (Å²) in [5.41, 5.74) is 4.10. The first kappa shape index (κ1) is 26.4. The van der Waals surface area contributed by atoms with Crippen LogP contribution in [0.15, 0.2) is 48.5 Å². The molecule has 1 saturated heterocycles. The Morgan fingerprint density at radius 1 is 0.914 bits per heavy atom. The molecular formula is C30H45NO3Si. The van der Waals surface area contributed by atoms with Crippen LogP contribution in [-0.2, 0) is 12.0 Å². The molecule has 2 aromatic carbocycles. The second-order valence-corrected chi connectivity index (χ2v) is 17.1. The molecule has 0 radical (unpaired) electrons. The molecule has 0 saturated carbocycles. The maximum absolute atomic E-state index is 11.4. The fourth-order valence-electron chi connectivity index (χ4n) is 7.02. The number of benzene rings is 2. The van der Waals surface area contributed by atoms with Crippen LogP contribution in [0.25, 0.3) is 0 Å². The third-order valence-electron chi connectivity index (χ3n) is 8.91. The lowest BCUT2D eigenvalue weighted by Crippen LogP contribution is -2.51. The maximum Gasteiger partial charge on any atom is 0.258 e. The minimum Gasteiger partial charge on any atom is -0.543 e. The van der Waals surface area contributed by atoms with Gasteiger partial charge < -0.3 is 14.6 Å². The van der Waals surface area contributed by atoms with E-state index in [0.29, 0.717) is 29.5 Å². The molecular weight excluding hydrogens is 450 g/mol. The highest BCUT2D eigenvalue weighted by Crippen LogP contribution is 2.44. The summed E-state index contributed by atoms with van der Waals surface area (Å²) in [7, 11) is -2.01. The van der Waals surface area contributed by atoms with Gasteiger partial charge in [0.25, 0.3) is 8.32 Å². The number of aryl methyl sites for hydroxylation is 1. The van der Waals surface area contributed by atoms with Crippen molar-refractivity contribution in [3.8, 4) is 5.75 Å². The van der Waals surface area contributed by atoms with Gasteiger partial charge in [-0.2, -0.15) is 0 Å². The summed E-state index contributed by atoms with van der Waals surface area (Å²) < 4.78 is 6.91. The van der Waals surface area contributed by atoms with E-state index in [-0.39, 0.29) is 6.04 Å². The number of aliphatic hydroxyl groups is 2. The van der Waals surface area contributed by atoms with Crippen molar-refractivity contribution >= 4 is 8.32 Å². The second-order valence-electron chi connectivity index (χ2n) is 11.8. The van der Waals surface area contributed by atoms with Gasteiger partial charge in [0.05, 0.1) is 11.7 Å². The van der Waals surface area contributed by atoms with Crippen molar-refractivity contribution in [2.24, 2.45) is 0 Å². The van der Waals surface area contributed by atoms with Crippen molar-refractivity contribution < 1.29 is 14.6 Å². The van der Waals surface area contributed by atoms with E-state index in [1.54, 1.807) is 0 Å². The third kappa shape index (κ3) is 4.98. The molecule has 2 unspecified atom stereocenters. The number of piperidine rings is 1. The number of nitrogens with zero attached hydrogens (tertiary/aromatic N) is 1. The second kappa shape index (κ2) is 10.4. The van der Waals surface area contributed by atoms with Crippen LogP contribution in [0.2, 0.25) is 16.6 Å². The fourth-order valence-corrected chi connectivity index (χ4v) is 12.3. The van der Waals surface area contributed by atoms with Crippen molar-refractivity contribution in [1.29, 1.82) is 0 Å². The molecule has 4 rings (SSSR count). The zero-order valence-electron chi connectivity index (χ0n) is 22.5. The van der Waals surface area contributed by atoms with E-state index in [2.05, 4.69) is 64.6 Å². The van der Waals surface area contributed by atoms with E-state index in [1.807, 2.05) is 30.3 Å².